The number of aryl methyl sites for hydroxylation is 1. The highest BCUT2D eigenvalue weighted by Crippen LogP contribution is 2.18. The van der Waals surface area contributed by atoms with Crippen LogP contribution in [0.15, 0.2) is 77.9 Å². The van der Waals surface area contributed by atoms with E-state index in [4.69, 9.17) is 0 Å². The Labute approximate surface area is 184 Å². The Morgan fingerprint density at radius 3 is 2.59 bits per heavy atom. The maximum Gasteiger partial charge on any atom is 0.258 e. The lowest BCUT2D eigenvalue weighted by Crippen LogP contribution is -2.36. The minimum absolute atomic E-state index is 0.179. The number of benzene rings is 3. The molecule has 0 saturated carbocycles. The molecule has 0 aliphatic carbocycles. The molecule has 0 unspecified atom stereocenters. The lowest BCUT2D eigenvalue weighted by Gasteiger charge is -2.12. The van der Waals surface area contributed by atoms with Crippen LogP contribution in [0.3, 0.4) is 0 Å². The first-order valence-electron chi connectivity index (χ1n) is 10.2. The van der Waals surface area contributed by atoms with Crippen LogP contribution >= 0.6 is 0 Å². The van der Waals surface area contributed by atoms with Gasteiger partial charge in [0.15, 0.2) is 0 Å². The minimum Gasteiger partial charge on any atom is -0.361 e. The van der Waals surface area contributed by atoms with Crippen molar-refractivity contribution in [3.8, 4) is 0 Å². The van der Waals surface area contributed by atoms with E-state index in [1.807, 2.05) is 30.5 Å². The van der Waals surface area contributed by atoms with Gasteiger partial charge in [0.25, 0.3) is 5.91 Å². The second-order valence-electron chi connectivity index (χ2n) is 7.39. The molecule has 4 aromatic rings. The third-order valence-corrected chi connectivity index (χ3v) is 5.10. The van der Waals surface area contributed by atoms with Crippen molar-refractivity contribution in [3.05, 3.63) is 101 Å². The van der Waals surface area contributed by atoms with E-state index in [0.29, 0.717) is 24.2 Å². The first kappa shape index (κ1) is 21.2. The monoisotopic (exact) mass is 432 g/mol. The molecule has 5 nitrogen and oxygen atoms in total. The summed E-state index contributed by atoms with van der Waals surface area (Å²) in [5.41, 5.74) is 3.35. The average Bonchev–Trinajstić information content (AvgIpc) is 3.20. The number of aromatic amines is 1. The van der Waals surface area contributed by atoms with Gasteiger partial charge >= 0.3 is 0 Å². The third-order valence-electron chi connectivity index (χ3n) is 5.10. The summed E-state index contributed by atoms with van der Waals surface area (Å²) in [6, 6.07) is 18.0. The summed E-state index contributed by atoms with van der Waals surface area (Å²) in [5, 5.41) is 6.81. The van der Waals surface area contributed by atoms with Gasteiger partial charge in [-0.1, -0.05) is 24.3 Å². The number of rotatable bonds is 5. The number of fused-ring (bicyclic) bond motifs is 1. The number of halogens is 2. The van der Waals surface area contributed by atoms with E-state index in [2.05, 4.69) is 20.6 Å². The highest BCUT2D eigenvalue weighted by atomic mass is 19.1. The smallest absolute Gasteiger partial charge is 0.258 e. The van der Waals surface area contributed by atoms with Gasteiger partial charge in [0, 0.05) is 34.9 Å². The zero-order chi connectivity index (χ0) is 22.5. The highest BCUT2D eigenvalue weighted by Gasteiger charge is 2.12. The number of carbonyl (C=O) groups excluding carboxylic acids is 1. The summed E-state index contributed by atoms with van der Waals surface area (Å²) in [5.74, 6) is -1.12. The van der Waals surface area contributed by atoms with E-state index >= 15 is 0 Å². The number of amides is 1. The molecule has 0 aliphatic heterocycles. The molecule has 32 heavy (non-hydrogen) atoms. The number of nitrogens with one attached hydrogen (secondary N) is 3. The molecule has 0 aliphatic rings. The standard InChI is InChI=1S/C25H22F2N4O/c1-16-6-7-17(14-22(16)27)24(32)31-25(30-20-10-8-19(26)9-11-20)28-13-12-18-15-29-23-5-3-2-4-21(18)23/h2-11,14-15,29H,12-13H2,1H3,(H2,28,30,31,32). The van der Waals surface area contributed by atoms with E-state index in [9.17, 15) is 13.6 Å². The van der Waals surface area contributed by atoms with Crippen LogP contribution in [0.2, 0.25) is 0 Å². The van der Waals surface area contributed by atoms with Gasteiger partial charge in [0.05, 0.1) is 0 Å². The first-order chi connectivity index (χ1) is 15.5. The van der Waals surface area contributed by atoms with Gasteiger partial charge in [-0.15, -0.1) is 0 Å². The molecule has 4 rings (SSSR count). The van der Waals surface area contributed by atoms with Crippen molar-refractivity contribution in [2.45, 2.75) is 13.3 Å². The number of hydrogen-bond donors (Lipinski definition) is 3. The largest absolute Gasteiger partial charge is 0.361 e. The molecule has 0 saturated heterocycles. The number of anilines is 1. The van der Waals surface area contributed by atoms with Crippen molar-refractivity contribution in [1.29, 1.82) is 0 Å². The van der Waals surface area contributed by atoms with Gasteiger partial charge < -0.3 is 10.3 Å². The predicted molar refractivity (Wildman–Crippen MR) is 123 cm³/mol. The van der Waals surface area contributed by atoms with Crippen LogP contribution in [0.4, 0.5) is 14.5 Å². The van der Waals surface area contributed by atoms with Gasteiger partial charge in [-0.05, 0) is 66.9 Å². The first-order valence-corrected chi connectivity index (χ1v) is 10.2. The zero-order valence-electron chi connectivity index (χ0n) is 17.5. The fourth-order valence-corrected chi connectivity index (χ4v) is 3.32. The lowest BCUT2D eigenvalue weighted by molar-refractivity contribution is 0.0976. The number of aromatic nitrogens is 1. The van der Waals surface area contributed by atoms with Crippen LogP contribution in [-0.4, -0.2) is 23.4 Å². The molecule has 7 heteroatoms. The van der Waals surface area contributed by atoms with Crippen molar-refractivity contribution in [1.82, 2.24) is 10.3 Å². The maximum absolute atomic E-state index is 13.9. The molecule has 1 amide bonds. The Bertz CT molecular complexity index is 1280. The van der Waals surface area contributed by atoms with Gasteiger partial charge in [-0.25, -0.2) is 8.78 Å². The second-order valence-corrected chi connectivity index (χ2v) is 7.39. The summed E-state index contributed by atoms with van der Waals surface area (Å²) in [7, 11) is 0. The van der Waals surface area contributed by atoms with Crippen LogP contribution < -0.4 is 10.6 Å². The van der Waals surface area contributed by atoms with E-state index in [1.165, 1.54) is 18.2 Å². The third kappa shape index (κ3) is 5.00. The number of H-pyrrole nitrogens is 1. The fraction of sp³-hybridized carbons (Fsp3) is 0.120. The van der Waals surface area contributed by atoms with Crippen LogP contribution in [0.1, 0.15) is 21.5 Å². The molecule has 3 aromatic carbocycles. The quantitative estimate of drug-likeness (QED) is 0.300. The van der Waals surface area contributed by atoms with Crippen LogP contribution in [-0.2, 0) is 6.42 Å². The molecule has 162 valence electrons. The minimum atomic E-state index is -0.496. The molecule has 0 bridgehead atoms. The van der Waals surface area contributed by atoms with E-state index in [0.717, 1.165) is 16.5 Å². The van der Waals surface area contributed by atoms with Gasteiger partial charge in [-0.2, -0.15) is 0 Å². The summed E-state index contributed by atoms with van der Waals surface area (Å²) < 4.78 is 27.1. The number of para-hydroxylation sites is 1. The summed E-state index contributed by atoms with van der Waals surface area (Å²) >= 11 is 0. The van der Waals surface area contributed by atoms with E-state index in [-0.39, 0.29) is 17.3 Å². The molecule has 1 aromatic heterocycles. The van der Waals surface area contributed by atoms with E-state index < -0.39 is 11.7 Å². The predicted octanol–water partition coefficient (Wildman–Crippen LogP) is 5.20. The van der Waals surface area contributed by atoms with Gasteiger partial charge in [-0.3, -0.25) is 15.1 Å². The van der Waals surface area contributed by atoms with Crippen LogP contribution in [0, 0.1) is 18.6 Å². The average molecular weight is 432 g/mol. The van der Waals surface area contributed by atoms with Crippen molar-refractivity contribution < 1.29 is 13.6 Å². The Morgan fingerprint density at radius 1 is 1.03 bits per heavy atom. The van der Waals surface area contributed by atoms with Crippen molar-refractivity contribution in [3.63, 3.8) is 0 Å². The summed E-state index contributed by atoms with van der Waals surface area (Å²) in [4.78, 5) is 20.4. The Hall–Kier alpha value is -4.00. The number of hydrogen-bond acceptors (Lipinski definition) is 2. The molecule has 3 N–H and O–H groups in total. The zero-order valence-corrected chi connectivity index (χ0v) is 17.5. The van der Waals surface area contributed by atoms with E-state index in [1.54, 1.807) is 31.2 Å². The van der Waals surface area contributed by atoms with Crippen molar-refractivity contribution in [2.75, 3.05) is 11.9 Å². The van der Waals surface area contributed by atoms with Crippen molar-refractivity contribution in [2.24, 2.45) is 4.99 Å². The lowest BCUT2D eigenvalue weighted by atomic mass is 10.1. The molecule has 0 spiro atoms. The molecule has 0 atom stereocenters. The van der Waals surface area contributed by atoms with Crippen LogP contribution in [0.5, 0.6) is 0 Å². The summed E-state index contributed by atoms with van der Waals surface area (Å²) in [6.07, 6.45) is 2.59. The number of nitrogens with zero attached hydrogens (tertiary/aromatic N) is 1. The number of aliphatic imine (C=N–C) groups is 1. The molecule has 0 radical (unpaired) electrons. The maximum atomic E-state index is 13.9. The topological polar surface area (TPSA) is 69.3 Å². The number of guanidine groups is 1. The molecular formula is C25H22F2N4O. The van der Waals surface area contributed by atoms with Crippen molar-refractivity contribution >= 4 is 28.5 Å². The summed E-state index contributed by atoms with van der Waals surface area (Å²) in [6.45, 7) is 2.03. The Balaban J connectivity index is 1.52. The molecule has 0 fully saturated rings. The van der Waals surface area contributed by atoms with Gasteiger partial charge in [0.2, 0.25) is 5.96 Å². The van der Waals surface area contributed by atoms with Gasteiger partial charge in [0.1, 0.15) is 11.6 Å². The Kier molecular flexibility index (Phi) is 6.26. The van der Waals surface area contributed by atoms with Crippen LogP contribution in [0.25, 0.3) is 10.9 Å². The molecule has 1 heterocycles. The normalized spacial score (nSPS) is 11.5. The SMILES string of the molecule is Cc1ccc(C(=O)NC(=NCCc2c[nH]c3ccccc23)Nc2ccc(F)cc2)cc1F. The number of carbonyl (C=O) groups is 1. The second kappa shape index (κ2) is 9.43. The molecular weight excluding hydrogens is 410 g/mol. The Morgan fingerprint density at radius 2 is 1.81 bits per heavy atom. The fourth-order valence-electron chi connectivity index (χ4n) is 3.32. The highest BCUT2D eigenvalue weighted by molar-refractivity contribution is 6.10.